The van der Waals surface area contributed by atoms with Crippen LogP contribution in [0.15, 0.2) is 192 Å². The molecule has 0 aliphatic heterocycles. The van der Waals surface area contributed by atoms with Crippen molar-refractivity contribution in [2.24, 2.45) is 11.8 Å². The number of nitrogens with zero attached hydrogens (tertiary/aromatic N) is 4. The van der Waals surface area contributed by atoms with Crippen LogP contribution in [0, 0.1) is 11.8 Å². The highest BCUT2D eigenvalue weighted by molar-refractivity contribution is 6.16. The van der Waals surface area contributed by atoms with Crippen molar-refractivity contribution in [2.45, 2.75) is 0 Å². The number of rotatable bonds is 3. The summed E-state index contributed by atoms with van der Waals surface area (Å²) >= 11 is 0. The lowest BCUT2D eigenvalue weighted by Crippen LogP contribution is -2.30. The summed E-state index contributed by atoms with van der Waals surface area (Å²) in [4.78, 5) is 20.3. The van der Waals surface area contributed by atoms with Gasteiger partial charge in [-0.25, -0.2) is 9.97 Å². The molecule has 54 heavy (non-hydrogen) atoms. The molecule has 0 spiro atoms. The first-order valence-corrected chi connectivity index (χ1v) is 18.5. The number of fused-ring (bicyclic) bond motifs is 7. The third kappa shape index (κ3) is 4.25. The van der Waals surface area contributed by atoms with Crippen molar-refractivity contribution in [1.29, 1.82) is 0 Å². The van der Waals surface area contributed by atoms with Crippen molar-refractivity contribution in [3.63, 3.8) is 0 Å². The lowest BCUT2D eigenvalue weighted by Gasteiger charge is -2.42. The van der Waals surface area contributed by atoms with E-state index in [-0.39, 0.29) is 11.8 Å². The van der Waals surface area contributed by atoms with Gasteiger partial charge in [-0.15, -0.1) is 0 Å². The molecule has 0 radical (unpaired) electrons. The number of aromatic nitrogens is 4. The molecule has 0 fully saturated rings. The molecule has 0 bridgehead atoms. The summed E-state index contributed by atoms with van der Waals surface area (Å²) in [6, 6.07) is 38.5. The molecule has 4 aromatic carbocycles. The zero-order chi connectivity index (χ0) is 35.3. The predicted octanol–water partition coefficient (Wildman–Crippen LogP) is 11.7. The molecule has 0 saturated carbocycles. The van der Waals surface area contributed by atoms with Gasteiger partial charge in [-0.2, -0.15) is 0 Å². The van der Waals surface area contributed by atoms with Crippen LogP contribution in [0.3, 0.4) is 0 Å². The first-order valence-electron chi connectivity index (χ1n) is 18.5. The summed E-state index contributed by atoms with van der Waals surface area (Å²) in [7, 11) is 0. The highest BCUT2D eigenvalue weighted by Gasteiger charge is 2.40. The van der Waals surface area contributed by atoms with Crippen LogP contribution in [0.2, 0.25) is 0 Å². The van der Waals surface area contributed by atoms with E-state index in [0.29, 0.717) is 0 Å². The first kappa shape index (κ1) is 29.5. The van der Waals surface area contributed by atoms with Crippen molar-refractivity contribution >= 4 is 65.7 Å². The molecule has 4 heteroatoms. The van der Waals surface area contributed by atoms with Crippen molar-refractivity contribution < 1.29 is 0 Å². The van der Waals surface area contributed by atoms with Gasteiger partial charge in [0.2, 0.25) is 0 Å². The van der Waals surface area contributed by atoms with Crippen LogP contribution in [0.1, 0.15) is 11.3 Å². The van der Waals surface area contributed by atoms with Crippen LogP contribution in [0.25, 0.3) is 76.8 Å². The van der Waals surface area contributed by atoms with Crippen molar-refractivity contribution in [1.82, 2.24) is 19.9 Å². The normalized spacial score (nSPS) is 18.6. The van der Waals surface area contributed by atoms with E-state index < -0.39 is 0 Å². The summed E-state index contributed by atoms with van der Waals surface area (Å²) in [5.41, 5.74) is 16.9. The maximum absolute atomic E-state index is 5.46. The van der Waals surface area contributed by atoms with Crippen LogP contribution in [0.4, 0.5) is 0 Å². The number of benzene rings is 4. The molecular formula is C50H30N4. The molecule has 0 N–H and O–H groups in total. The van der Waals surface area contributed by atoms with Crippen LogP contribution >= 0.6 is 0 Å². The molecule has 0 amide bonds. The van der Waals surface area contributed by atoms with E-state index in [4.69, 9.17) is 15.0 Å². The van der Waals surface area contributed by atoms with E-state index >= 15 is 0 Å². The van der Waals surface area contributed by atoms with Gasteiger partial charge in [-0.05, 0) is 57.7 Å². The fraction of sp³-hybridized carbons (Fsp3) is 0.0400. The van der Waals surface area contributed by atoms with Gasteiger partial charge in [0.25, 0.3) is 0 Å². The molecule has 4 heterocycles. The molecule has 4 aliphatic rings. The minimum absolute atomic E-state index is 0.197. The maximum atomic E-state index is 5.46. The fourth-order valence-electron chi connectivity index (χ4n) is 9.26. The second-order valence-corrected chi connectivity index (χ2v) is 14.6. The number of allylic oxidation sites excluding steroid dienone is 14. The Kier molecular flexibility index (Phi) is 6.14. The van der Waals surface area contributed by atoms with Gasteiger partial charge in [-0.1, -0.05) is 134 Å². The van der Waals surface area contributed by atoms with Crippen molar-refractivity contribution in [3.8, 4) is 11.1 Å². The summed E-state index contributed by atoms with van der Waals surface area (Å²) < 4.78 is 0. The summed E-state index contributed by atoms with van der Waals surface area (Å²) in [6.45, 7) is 0. The van der Waals surface area contributed by atoms with Crippen molar-refractivity contribution in [2.75, 3.05) is 0 Å². The minimum atomic E-state index is 0.197. The second-order valence-electron chi connectivity index (χ2n) is 14.6. The van der Waals surface area contributed by atoms with Gasteiger partial charge in [0.15, 0.2) is 0 Å². The topological polar surface area (TPSA) is 51.6 Å². The fourth-order valence-corrected chi connectivity index (χ4v) is 9.26. The molecule has 4 aliphatic carbocycles. The molecule has 8 aromatic rings. The van der Waals surface area contributed by atoms with E-state index in [0.717, 1.165) is 65.8 Å². The molecule has 4 nitrogen and oxygen atoms in total. The summed E-state index contributed by atoms with van der Waals surface area (Å²) in [5.74, 6) is 0.407. The molecule has 12 rings (SSSR count). The Labute approximate surface area is 311 Å². The Morgan fingerprint density at radius 2 is 1.26 bits per heavy atom. The van der Waals surface area contributed by atoms with Gasteiger partial charge in [0, 0.05) is 67.9 Å². The van der Waals surface area contributed by atoms with E-state index in [1.54, 1.807) is 0 Å². The highest BCUT2D eigenvalue weighted by Crippen LogP contribution is 2.54. The number of pyridine rings is 4. The number of hydrogen-bond acceptors (Lipinski definition) is 4. The monoisotopic (exact) mass is 686 g/mol. The zero-order valence-electron chi connectivity index (χ0n) is 29.1. The lowest BCUT2D eigenvalue weighted by atomic mass is 9.61. The van der Waals surface area contributed by atoms with E-state index in [1.165, 1.54) is 44.6 Å². The van der Waals surface area contributed by atoms with E-state index in [1.807, 2.05) is 18.5 Å². The molecule has 250 valence electrons. The highest BCUT2D eigenvalue weighted by atomic mass is 14.8. The quantitative estimate of drug-likeness (QED) is 0.137. The molecule has 2 atom stereocenters. The van der Waals surface area contributed by atoms with Gasteiger partial charge in [0.1, 0.15) is 0 Å². The van der Waals surface area contributed by atoms with Gasteiger partial charge < -0.3 is 0 Å². The molecule has 2 unspecified atom stereocenters. The third-order valence-electron chi connectivity index (χ3n) is 11.7. The molecule has 4 aromatic heterocycles. The van der Waals surface area contributed by atoms with Gasteiger partial charge in [0.05, 0.1) is 33.3 Å². The Bertz CT molecular complexity index is 3210. The van der Waals surface area contributed by atoms with Gasteiger partial charge >= 0.3 is 0 Å². The van der Waals surface area contributed by atoms with Gasteiger partial charge in [-0.3, -0.25) is 9.97 Å². The average molecular weight is 687 g/mol. The zero-order valence-corrected chi connectivity index (χ0v) is 29.1. The standard InChI is InChI=1S/C50H30N4/c1-2-7-29(8-3-1)44-40-10-4-5-11-42(40)54-50-41(44)24-18-33-19-25-43(53-49(33)50)37-21-15-31-16-22-38-36(20-14-30-17-23-39(37)46(31)45(30)38)35-27-34-13-12-32-9-6-26-51-47(32)48(34)52-28-35/h1-28,45-46H. The number of hydrogen-bond donors (Lipinski definition) is 0. The van der Waals surface area contributed by atoms with E-state index in [9.17, 15) is 0 Å². The average Bonchev–Trinajstić information content (AvgIpc) is 3.24. The summed E-state index contributed by atoms with van der Waals surface area (Å²) in [6.07, 6.45) is 22.3. The molecule has 0 saturated heterocycles. The third-order valence-corrected chi connectivity index (χ3v) is 11.7. The minimum Gasteiger partial charge on any atom is -0.254 e. The van der Waals surface area contributed by atoms with Crippen LogP contribution in [-0.2, 0) is 0 Å². The van der Waals surface area contributed by atoms with Crippen molar-refractivity contribution in [3.05, 3.63) is 204 Å². The van der Waals surface area contributed by atoms with Crippen LogP contribution in [-0.4, -0.2) is 19.9 Å². The van der Waals surface area contributed by atoms with E-state index in [2.05, 4.69) is 157 Å². The predicted molar refractivity (Wildman–Crippen MR) is 221 cm³/mol. The second kappa shape index (κ2) is 11.2. The Morgan fingerprint density at radius 1 is 0.481 bits per heavy atom. The summed E-state index contributed by atoms with van der Waals surface area (Å²) in [5, 5.41) is 5.55. The van der Waals surface area contributed by atoms with Crippen LogP contribution in [0.5, 0.6) is 0 Å². The number of para-hydroxylation sites is 1. The molecular weight excluding hydrogens is 657 g/mol. The first-order chi connectivity index (χ1) is 26.8. The Balaban J connectivity index is 0.990. The smallest absolute Gasteiger partial charge is 0.0978 e. The van der Waals surface area contributed by atoms with Crippen LogP contribution < -0.4 is 0 Å². The largest absolute Gasteiger partial charge is 0.254 e. The lowest BCUT2D eigenvalue weighted by molar-refractivity contribution is 0.569. The SMILES string of the molecule is C1=CC2=C(c3ccc4ccc5c(-c6ccccc6)c6ccccc6nc5c4n3)C=CC3=CC=C4C(c5cnc6c(ccc7cccnc76)c5)=CC=C1C4C32. The maximum Gasteiger partial charge on any atom is 0.0978 e. The Hall–Kier alpha value is -7.04. The Morgan fingerprint density at radius 3 is 2.22 bits per heavy atom.